The van der Waals surface area contributed by atoms with Gasteiger partial charge in [0.1, 0.15) is 5.52 Å². The van der Waals surface area contributed by atoms with Crippen molar-refractivity contribution in [3.63, 3.8) is 0 Å². The summed E-state index contributed by atoms with van der Waals surface area (Å²) in [6.07, 6.45) is 1.20. The second kappa shape index (κ2) is 5.70. The van der Waals surface area contributed by atoms with Gasteiger partial charge in [-0.25, -0.2) is 8.42 Å². The molecule has 0 aliphatic carbocycles. The van der Waals surface area contributed by atoms with E-state index in [-0.39, 0.29) is 6.04 Å². The predicted molar refractivity (Wildman–Crippen MR) is 90.4 cm³/mol. The molecule has 1 aromatic heterocycles. The van der Waals surface area contributed by atoms with E-state index in [1.165, 1.54) is 6.26 Å². The maximum atomic E-state index is 11.5. The van der Waals surface area contributed by atoms with E-state index in [0.29, 0.717) is 10.9 Å². The minimum absolute atomic E-state index is 0.00308. The van der Waals surface area contributed by atoms with E-state index in [1.54, 1.807) is 12.1 Å². The number of rotatable bonds is 4. The number of anilines is 1. The van der Waals surface area contributed by atoms with Crippen LogP contribution in [0.15, 0.2) is 57.8 Å². The molecule has 0 saturated carbocycles. The van der Waals surface area contributed by atoms with Crippen LogP contribution in [0.2, 0.25) is 0 Å². The van der Waals surface area contributed by atoms with E-state index in [0.717, 1.165) is 16.7 Å². The first-order valence-corrected chi connectivity index (χ1v) is 9.14. The fourth-order valence-corrected chi connectivity index (χ4v) is 3.02. The molecule has 23 heavy (non-hydrogen) atoms. The van der Waals surface area contributed by atoms with Crippen molar-refractivity contribution in [2.45, 2.75) is 17.9 Å². The molecule has 5 nitrogen and oxygen atoms in total. The minimum atomic E-state index is -3.18. The molecule has 2 aromatic carbocycles. The lowest BCUT2D eigenvalue weighted by Crippen LogP contribution is -2.21. The average molecular weight is 330 g/mol. The number of para-hydroxylation sites is 2. The van der Waals surface area contributed by atoms with E-state index in [4.69, 9.17) is 4.42 Å². The van der Waals surface area contributed by atoms with Crippen molar-refractivity contribution in [2.75, 3.05) is 18.2 Å². The summed E-state index contributed by atoms with van der Waals surface area (Å²) in [6.45, 7) is 2.02. The van der Waals surface area contributed by atoms with Crippen LogP contribution >= 0.6 is 0 Å². The first-order valence-electron chi connectivity index (χ1n) is 7.24. The van der Waals surface area contributed by atoms with E-state index in [1.807, 2.05) is 55.3 Å². The van der Waals surface area contributed by atoms with E-state index >= 15 is 0 Å². The number of oxazole rings is 1. The topological polar surface area (TPSA) is 63.4 Å². The van der Waals surface area contributed by atoms with Crippen molar-refractivity contribution in [1.29, 1.82) is 0 Å². The highest BCUT2D eigenvalue weighted by molar-refractivity contribution is 7.90. The molecule has 0 unspecified atom stereocenters. The SMILES string of the molecule is C[C@H](c1ccc(S(C)(=O)=O)cc1)N(C)c1nc2ccccc2o1. The Morgan fingerprint density at radius 2 is 1.74 bits per heavy atom. The third-order valence-electron chi connectivity index (χ3n) is 3.96. The monoisotopic (exact) mass is 330 g/mol. The zero-order valence-electron chi connectivity index (χ0n) is 13.2. The number of aromatic nitrogens is 1. The van der Waals surface area contributed by atoms with Crippen LogP contribution < -0.4 is 4.90 Å². The summed E-state index contributed by atoms with van der Waals surface area (Å²) < 4.78 is 28.8. The van der Waals surface area contributed by atoms with Crippen molar-refractivity contribution in [1.82, 2.24) is 4.98 Å². The standard InChI is InChI=1S/C17H18N2O3S/c1-12(13-8-10-14(11-9-13)23(3,20)21)19(2)17-18-15-6-4-5-7-16(15)22-17/h4-12H,1-3H3/t12-/m1/s1. The third-order valence-corrected chi connectivity index (χ3v) is 5.08. The van der Waals surface area contributed by atoms with Crippen molar-refractivity contribution >= 4 is 27.0 Å². The van der Waals surface area contributed by atoms with Crippen molar-refractivity contribution < 1.29 is 12.8 Å². The number of benzene rings is 2. The molecule has 0 amide bonds. The first kappa shape index (κ1) is 15.6. The van der Waals surface area contributed by atoms with Gasteiger partial charge in [-0.3, -0.25) is 0 Å². The fourth-order valence-electron chi connectivity index (χ4n) is 2.39. The lowest BCUT2D eigenvalue weighted by Gasteiger charge is -2.23. The summed E-state index contributed by atoms with van der Waals surface area (Å²) in [5.74, 6) is 0. The van der Waals surface area contributed by atoms with Gasteiger partial charge in [0.2, 0.25) is 0 Å². The highest BCUT2D eigenvalue weighted by Gasteiger charge is 2.18. The molecular weight excluding hydrogens is 312 g/mol. The minimum Gasteiger partial charge on any atom is -0.423 e. The fraction of sp³-hybridized carbons (Fsp3) is 0.235. The molecule has 6 heteroatoms. The van der Waals surface area contributed by atoms with Crippen LogP contribution in [0.25, 0.3) is 11.1 Å². The van der Waals surface area contributed by atoms with Gasteiger partial charge in [0.05, 0.1) is 10.9 Å². The number of fused-ring (bicyclic) bond motifs is 1. The molecule has 0 aliphatic heterocycles. The summed E-state index contributed by atoms with van der Waals surface area (Å²) in [6, 6.07) is 15.0. The van der Waals surface area contributed by atoms with Gasteiger partial charge in [-0.15, -0.1) is 0 Å². The van der Waals surface area contributed by atoms with Crippen molar-refractivity contribution in [3.8, 4) is 0 Å². The summed E-state index contributed by atoms with van der Waals surface area (Å²) in [5.41, 5.74) is 2.55. The molecule has 0 spiro atoms. The van der Waals surface area contributed by atoms with Crippen LogP contribution in [0.3, 0.4) is 0 Å². The highest BCUT2D eigenvalue weighted by atomic mass is 32.2. The Kier molecular flexibility index (Phi) is 3.85. The zero-order valence-corrected chi connectivity index (χ0v) is 14.0. The van der Waals surface area contributed by atoms with Crippen LogP contribution in [-0.2, 0) is 9.84 Å². The Bertz CT molecular complexity index is 897. The molecule has 0 bridgehead atoms. The molecule has 0 radical (unpaired) electrons. The van der Waals surface area contributed by atoms with Gasteiger partial charge >= 0.3 is 0 Å². The molecule has 0 saturated heterocycles. The summed E-state index contributed by atoms with van der Waals surface area (Å²) >= 11 is 0. The molecule has 0 N–H and O–H groups in total. The Morgan fingerprint density at radius 3 is 2.35 bits per heavy atom. The Labute approximate surface area is 135 Å². The second-order valence-electron chi connectivity index (χ2n) is 5.59. The molecule has 3 aromatic rings. The molecule has 0 fully saturated rings. The Hall–Kier alpha value is -2.34. The third kappa shape index (κ3) is 3.07. The summed E-state index contributed by atoms with van der Waals surface area (Å²) in [5, 5.41) is 0. The van der Waals surface area contributed by atoms with Gasteiger partial charge in [0.15, 0.2) is 15.4 Å². The highest BCUT2D eigenvalue weighted by Crippen LogP contribution is 2.28. The Morgan fingerprint density at radius 1 is 1.09 bits per heavy atom. The van der Waals surface area contributed by atoms with Gasteiger partial charge in [-0.1, -0.05) is 24.3 Å². The van der Waals surface area contributed by atoms with Crippen molar-refractivity contribution in [2.24, 2.45) is 0 Å². The smallest absolute Gasteiger partial charge is 0.298 e. The molecule has 1 atom stereocenters. The maximum absolute atomic E-state index is 11.5. The van der Waals surface area contributed by atoms with Crippen LogP contribution in [-0.4, -0.2) is 26.7 Å². The molecule has 120 valence electrons. The second-order valence-corrected chi connectivity index (χ2v) is 7.61. The predicted octanol–water partition coefficient (Wildman–Crippen LogP) is 3.43. The summed E-state index contributed by atoms with van der Waals surface area (Å²) in [7, 11) is -1.28. The molecule has 1 heterocycles. The van der Waals surface area contributed by atoms with E-state index < -0.39 is 9.84 Å². The number of sulfone groups is 1. The van der Waals surface area contributed by atoms with Crippen LogP contribution in [0.1, 0.15) is 18.5 Å². The van der Waals surface area contributed by atoms with E-state index in [2.05, 4.69) is 4.98 Å². The number of hydrogen-bond acceptors (Lipinski definition) is 5. The van der Waals surface area contributed by atoms with Crippen molar-refractivity contribution in [3.05, 3.63) is 54.1 Å². The van der Waals surface area contributed by atoms with Crippen LogP contribution in [0.4, 0.5) is 6.01 Å². The van der Waals surface area contributed by atoms with E-state index in [9.17, 15) is 8.42 Å². The first-order chi connectivity index (χ1) is 10.9. The molecule has 0 aliphatic rings. The molecular formula is C17H18N2O3S. The van der Waals surface area contributed by atoms with Gasteiger partial charge in [-0.05, 0) is 36.8 Å². The van der Waals surface area contributed by atoms with Crippen LogP contribution in [0.5, 0.6) is 0 Å². The number of hydrogen-bond donors (Lipinski definition) is 0. The molecule has 3 rings (SSSR count). The van der Waals surface area contributed by atoms with Gasteiger partial charge in [0.25, 0.3) is 6.01 Å². The zero-order chi connectivity index (χ0) is 16.6. The lowest BCUT2D eigenvalue weighted by atomic mass is 10.1. The largest absolute Gasteiger partial charge is 0.423 e. The number of nitrogens with zero attached hydrogens (tertiary/aromatic N) is 2. The van der Waals surface area contributed by atoms with Gasteiger partial charge in [-0.2, -0.15) is 4.98 Å². The normalized spacial score (nSPS) is 13.2. The lowest BCUT2D eigenvalue weighted by molar-refractivity contribution is 0.557. The summed E-state index contributed by atoms with van der Waals surface area (Å²) in [4.78, 5) is 6.72. The maximum Gasteiger partial charge on any atom is 0.298 e. The van der Waals surface area contributed by atoms with Gasteiger partial charge < -0.3 is 9.32 Å². The van der Waals surface area contributed by atoms with Gasteiger partial charge in [0, 0.05) is 13.3 Å². The quantitative estimate of drug-likeness (QED) is 0.733. The van der Waals surface area contributed by atoms with Crippen LogP contribution in [0, 0.1) is 0 Å². The average Bonchev–Trinajstić information content (AvgIpc) is 2.96. The Balaban J connectivity index is 1.88.